The maximum Gasteiger partial charge on any atom is 0.344 e. The molecular weight excluding hydrogens is 268 g/mol. The lowest BCUT2D eigenvalue weighted by Gasteiger charge is -2.25. The predicted molar refractivity (Wildman–Crippen MR) is 79.8 cm³/mol. The van der Waals surface area contributed by atoms with Crippen LogP contribution in [0.5, 0.6) is 5.75 Å². The van der Waals surface area contributed by atoms with Gasteiger partial charge in [0, 0.05) is 16.7 Å². The van der Waals surface area contributed by atoms with Crippen LogP contribution >= 0.6 is 0 Å². The van der Waals surface area contributed by atoms with Gasteiger partial charge in [-0.25, -0.2) is 4.79 Å². The van der Waals surface area contributed by atoms with Crippen molar-refractivity contribution >= 4 is 21.7 Å². The van der Waals surface area contributed by atoms with Crippen LogP contribution in [-0.2, 0) is 4.74 Å². The van der Waals surface area contributed by atoms with Gasteiger partial charge in [0.15, 0.2) is 0 Å². The quantitative estimate of drug-likeness (QED) is 0.547. The third-order valence-electron chi connectivity index (χ3n) is 3.78. The van der Waals surface area contributed by atoms with Crippen LogP contribution in [0.25, 0.3) is 21.7 Å². The molecule has 0 unspecified atom stereocenters. The molecule has 1 saturated heterocycles. The highest BCUT2D eigenvalue weighted by atomic mass is 16.5. The average Bonchev–Trinajstić information content (AvgIpc) is 2.46. The van der Waals surface area contributed by atoms with E-state index in [0.717, 1.165) is 24.0 Å². The summed E-state index contributed by atoms with van der Waals surface area (Å²) in [6.07, 6.45) is 0. The average molecular weight is 282 g/mol. The number of rotatable bonds is 3. The molecule has 4 nitrogen and oxygen atoms in total. The van der Waals surface area contributed by atoms with E-state index in [2.05, 4.69) is 0 Å². The van der Waals surface area contributed by atoms with Crippen molar-refractivity contribution in [2.75, 3.05) is 19.8 Å². The second kappa shape index (κ2) is 4.90. The van der Waals surface area contributed by atoms with Crippen molar-refractivity contribution in [3.8, 4) is 5.75 Å². The van der Waals surface area contributed by atoms with Gasteiger partial charge >= 0.3 is 5.63 Å². The Morgan fingerprint density at radius 3 is 2.71 bits per heavy atom. The molecule has 0 atom stereocenters. The maximum absolute atomic E-state index is 12.1. The van der Waals surface area contributed by atoms with Gasteiger partial charge in [0.1, 0.15) is 11.3 Å². The zero-order valence-electron chi connectivity index (χ0n) is 11.4. The molecule has 0 saturated carbocycles. The maximum atomic E-state index is 12.1. The molecule has 1 aliphatic rings. The number of benzene rings is 2. The smallest absolute Gasteiger partial charge is 0.344 e. The Hall–Kier alpha value is -2.33. The minimum absolute atomic E-state index is 0.332. The van der Waals surface area contributed by atoms with Gasteiger partial charge in [-0.15, -0.1) is 0 Å². The monoisotopic (exact) mass is 282 g/mol. The van der Waals surface area contributed by atoms with Gasteiger partial charge < -0.3 is 13.9 Å². The number of hydrogen-bond acceptors (Lipinski definition) is 4. The van der Waals surface area contributed by atoms with E-state index in [1.165, 1.54) is 0 Å². The zero-order valence-corrected chi connectivity index (χ0v) is 11.4. The van der Waals surface area contributed by atoms with Crippen molar-refractivity contribution in [1.29, 1.82) is 0 Å². The molecule has 1 fully saturated rings. The molecule has 0 bridgehead atoms. The van der Waals surface area contributed by atoms with Crippen molar-refractivity contribution in [1.82, 2.24) is 0 Å². The van der Waals surface area contributed by atoms with E-state index in [4.69, 9.17) is 13.9 Å². The van der Waals surface area contributed by atoms with Gasteiger partial charge in [-0.2, -0.15) is 0 Å². The molecular formula is C17H14O4. The second-order valence-corrected chi connectivity index (χ2v) is 5.31. The van der Waals surface area contributed by atoms with Gasteiger partial charge in [0.05, 0.1) is 25.2 Å². The number of para-hydroxylation sites is 1. The first-order valence-electron chi connectivity index (χ1n) is 6.97. The van der Waals surface area contributed by atoms with E-state index < -0.39 is 0 Å². The number of ether oxygens (including phenoxy) is 2. The molecule has 4 rings (SSSR count). The molecule has 0 spiro atoms. The Bertz CT molecular complexity index is 861. The number of hydrogen-bond donors (Lipinski definition) is 0. The summed E-state index contributed by atoms with van der Waals surface area (Å²) < 4.78 is 16.2. The topological polar surface area (TPSA) is 48.7 Å². The zero-order chi connectivity index (χ0) is 14.2. The van der Waals surface area contributed by atoms with Crippen LogP contribution in [0.4, 0.5) is 0 Å². The molecule has 0 radical (unpaired) electrons. The summed E-state index contributed by atoms with van der Waals surface area (Å²) in [5.41, 5.74) is 0.274. The van der Waals surface area contributed by atoms with E-state index in [9.17, 15) is 4.79 Å². The summed E-state index contributed by atoms with van der Waals surface area (Å²) in [4.78, 5) is 12.1. The summed E-state index contributed by atoms with van der Waals surface area (Å²) in [7, 11) is 0. The van der Waals surface area contributed by atoms with Crippen LogP contribution in [-0.4, -0.2) is 19.8 Å². The van der Waals surface area contributed by atoms with E-state index >= 15 is 0 Å². The van der Waals surface area contributed by atoms with Crippen LogP contribution in [0.2, 0.25) is 0 Å². The summed E-state index contributed by atoms with van der Waals surface area (Å²) in [6.45, 7) is 2.12. The fraction of sp³-hybridized carbons (Fsp3) is 0.235. The Morgan fingerprint density at radius 1 is 1.05 bits per heavy atom. The highest BCUT2D eigenvalue weighted by molar-refractivity contribution is 6.04. The standard InChI is InChI=1S/C17H14O4/c18-17-15-7-12(20-10-11-8-19-9-11)5-6-13(15)14-3-1-2-4-16(14)21-17/h1-7,11H,8-10H2. The first-order valence-corrected chi connectivity index (χ1v) is 6.97. The van der Waals surface area contributed by atoms with Crippen molar-refractivity contribution in [2.24, 2.45) is 5.92 Å². The van der Waals surface area contributed by atoms with Crippen molar-refractivity contribution in [3.63, 3.8) is 0 Å². The van der Waals surface area contributed by atoms with Crippen LogP contribution in [0, 0.1) is 5.92 Å². The fourth-order valence-corrected chi connectivity index (χ4v) is 2.54. The van der Waals surface area contributed by atoms with Crippen LogP contribution in [0.1, 0.15) is 0 Å². The molecule has 0 aliphatic carbocycles. The van der Waals surface area contributed by atoms with Gasteiger partial charge in [-0.1, -0.05) is 18.2 Å². The van der Waals surface area contributed by atoms with Crippen molar-refractivity contribution < 1.29 is 13.9 Å². The molecule has 1 aliphatic heterocycles. The molecule has 0 N–H and O–H groups in total. The summed E-state index contributed by atoms with van der Waals surface area (Å²) in [6, 6.07) is 13.1. The molecule has 21 heavy (non-hydrogen) atoms. The van der Waals surface area contributed by atoms with E-state index in [0.29, 0.717) is 29.2 Å². The van der Waals surface area contributed by atoms with E-state index in [-0.39, 0.29) is 5.63 Å². The lowest BCUT2D eigenvalue weighted by Crippen LogP contribution is -2.32. The molecule has 4 heteroatoms. The van der Waals surface area contributed by atoms with Gasteiger partial charge in [-0.3, -0.25) is 0 Å². The van der Waals surface area contributed by atoms with E-state index in [1.807, 2.05) is 30.3 Å². The fourth-order valence-electron chi connectivity index (χ4n) is 2.54. The molecule has 106 valence electrons. The van der Waals surface area contributed by atoms with Crippen LogP contribution in [0.15, 0.2) is 51.7 Å². The SMILES string of the molecule is O=c1oc2ccccc2c2ccc(OCC3COC3)cc12. The highest BCUT2D eigenvalue weighted by Crippen LogP contribution is 2.26. The molecule has 2 heterocycles. The number of fused-ring (bicyclic) bond motifs is 3. The molecule has 2 aromatic carbocycles. The third-order valence-corrected chi connectivity index (χ3v) is 3.78. The molecule has 1 aromatic heterocycles. The Kier molecular flexibility index (Phi) is 2.89. The Morgan fingerprint density at radius 2 is 1.90 bits per heavy atom. The Balaban J connectivity index is 1.78. The Labute approximate surface area is 120 Å². The highest BCUT2D eigenvalue weighted by Gasteiger charge is 2.19. The van der Waals surface area contributed by atoms with Crippen LogP contribution in [0.3, 0.4) is 0 Å². The lowest BCUT2D eigenvalue weighted by atomic mass is 10.1. The van der Waals surface area contributed by atoms with Gasteiger partial charge in [-0.05, 0) is 24.3 Å². The second-order valence-electron chi connectivity index (χ2n) is 5.31. The van der Waals surface area contributed by atoms with Gasteiger partial charge in [0.2, 0.25) is 0 Å². The third kappa shape index (κ3) is 2.17. The minimum Gasteiger partial charge on any atom is -0.493 e. The predicted octanol–water partition coefficient (Wildman–Crippen LogP) is 2.97. The first-order chi connectivity index (χ1) is 10.3. The molecule has 0 amide bonds. The summed E-state index contributed by atoms with van der Waals surface area (Å²) >= 11 is 0. The normalized spacial score (nSPS) is 15.2. The van der Waals surface area contributed by atoms with Crippen LogP contribution < -0.4 is 10.4 Å². The molecule has 3 aromatic rings. The van der Waals surface area contributed by atoms with Crippen molar-refractivity contribution in [3.05, 3.63) is 52.9 Å². The van der Waals surface area contributed by atoms with Gasteiger partial charge in [0.25, 0.3) is 0 Å². The largest absolute Gasteiger partial charge is 0.493 e. The first kappa shape index (κ1) is 12.4. The summed E-state index contributed by atoms with van der Waals surface area (Å²) in [5.74, 6) is 1.14. The lowest BCUT2D eigenvalue weighted by molar-refractivity contribution is -0.0508. The van der Waals surface area contributed by atoms with E-state index in [1.54, 1.807) is 12.1 Å². The van der Waals surface area contributed by atoms with Crippen molar-refractivity contribution in [2.45, 2.75) is 0 Å². The minimum atomic E-state index is -0.332. The summed E-state index contributed by atoms with van der Waals surface area (Å²) in [5, 5.41) is 2.38.